The van der Waals surface area contributed by atoms with Gasteiger partial charge in [0.25, 0.3) is 0 Å². The number of rotatable bonds is 7. The van der Waals surface area contributed by atoms with Gasteiger partial charge in [-0.05, 0) is 22.3 Å². The molecule has 0 saturated heterocycles. The van der Waals surface area contributed by atoms with E-state index in [1.54, 1.807) is 0 Å². The molecule has 0 radical (unpaired) electrons. The first-order valence-electron chi connectivity index (χ1n) is 8.45. The van der Waals surface area contributed by atoms with E-state index in [1.165, 1.54) is 0 Å². The molecule has 140 valence electrons. The summed E-state index contributed by atoms with van der Waals surface area (Å²) in [5.74, 6) is -5.75. The first-order valence-corrected chi connectivity index (χ1v) is 8.45. The third-order valence-corrected chi connectivity index (χ3v) is 4.71. The number of ether oxygens (including phenoxy) is 1. The van der Waals surface area contributed by atoms with Crippen molar-refractivity contribution in [3.05, 3.63) is 59.7 Å². The van der Waals surface area contributed by atoms with Gasteiger partial charge in [-0.1, -0.05) is 48.5 Å². The lowest BCUT2D eigenvalue weighted by atomic mass is 9.96. The zero-order chi connectivity index (χ0) is 19.6. The highest BCUT2D eigenvalue weighted by Crippen LogP contribution is 2.44. The van der Waals surface area contributed by atoms with Crippen LogP contribution >= 0.6 is 0 Å². The van der Waals surface area contributed by atoms with Crippen LogP contribution in [0.3, 0.4) is 0 Å². The molecular formula is C20H19NO6. The third-order valence-electron chi connectivity index (χ3n) is 4.71. The van der Waals surface area contributed by atoms with E-state index in [9.17, 15) is 19.5 Å². The van der Waals surface area contributed by atoms with Crippen LogP contribution in [0.4, 0.5) is 0 Å². The van der Waals surface area contributed by atoms with Crippen molar-refractivity contribution < 1.29 is 29.3 Å². The largest absolute Gasteiger partial charge is 0.481 e. The van der Waals surface area contributed by atoms with Crippen LogP contribution in [0.15, 0.2) is 48.5 Å². The van der Waals surface area contributed by atoms with Crippen molar-refractivity contribution >= 4 is 17.9 Å². The van der Waals surface area contributed by atoms with Crippen LogP contribution in [-0.2, 0) is 19.1 Å². The SMILES string of the molecule is NC(CC(=O)O)[C@H](C(=O)O)C(=O)OCC1c2ccccc2-c2ccccc21. The number of carboxylic acid groups (broad SMARTS) is 2. The Bertz CT molecular complexity index is 848. The van der Waals surface area contributed by atoms with Gasteiger partial charge in [0.2, 0.25) is 0 Å². The summed E-state index contributed by atoms with van der Waals surface area (Å²) >= 11 is 0. The van der Waals surface area contributed by atoms with Gasteiger partial charge >= 0.3 is 17.9 Å². The molecule has 0 fully saturated rings. The Balaban J connectivity index is 1.79. The molecular weight excluding hydrogens is 350 g/mol. The maximum Gasteiger partial charge on any atom is 0.321 e. The molecule has 1 aliphatic rings. The molecule has 0 aliphatic heterocycles. The molecule has 0 spiro atoms. The van der Waals surface area contributed by atoms with Crippen LogP contribution in [0.5, 0.6) is 0 Å². The van der Waals surface area contributed by atoms with Crippen molar-refractivity contribution in [3.63, 3.8) is 0 Å². The first-order chi connectivity index (χ1) is 12.9. The lowest BCUT2D eigenvalue weighted by molar-refractivity contribution is -0.160. The topological polar surface area (TPSA) is 127 Å². The van der Waals surface area contributed by atoms with Crippen molar-refractivity contribution in [2.24, 2.45) is 11.7 Å². The predicted molar refractivity (Wildman–Crippen MR) is 96.0 cm³/mol. The Labute approximate surface area is 155 Å². The predicted octanol–water partition coefficient (Wildman–Crippen LogP) is 1.84. The van der Waals surface area contributed by atoms with Crippen LogP contribution in [0, 0.1) is 5.92 Å². The van der Waals surface area contributed by atoms with E-state index in [4.69, 9.17) is 15.6 Å². The average molecular weight is 369 g/mol. The fraction of sp³-hybridized carbons (Fsp3) is 0.250. The minimum absolute atomic E-state index is 0.0452. The maximum atomic E-state index is 12.3. The van der Waals surface area contributed by atoms with Gasteiger partial charge in [0, 0.05) is 12.0 Å². The number of aliphatic carboxylic acids is 2. The van der Waals surface area contributed by atoms with Gasteiger partial charge in [-0.2, -0.15) is 0 Å². The van der Waals surface area contributed by atoms with Crippen molar-refractivity contribution in [1.29, 1.82) is 0 Å². The van der Waals surface area contributed by atoms with E-state index in [1.807, 2.05) is 48.5 Å². The quantitative estimate of drug-likeness (QED) is 0.502. The van der Waals surface area contributed by atoms with Gasteiger partial charge in [-0.25, -0.2) is 0 Å². The second-order valence-corrected chi connectivity index (χ2v) is 6.43. The zero-order valence-electron chi connectivity index (χ0n) is 14.4. The normalized spacial score (nSPS) is 14.7. The molecule has 4 N–H and O–H groups in total. The summed E-state index contributed by atoms with van der Waals surface area (Å²) in [6.45, 7) is -0.0452. The maximum absolute atomic E-state index is 12.3. The summed E-state index contributed by atoms with van der Waals surface area (Å²) in [6, 6.07) is 14.1. The standard InChI is InChI=1S/C20H19NO6/c21-16(9-17(22)23)18(19(24)25)20(26)27-10-15-13-7-3-1-5-11(13)12-6-2-4-8-14(12)15/h1-8,15-16,18H,9-10,21H2,(H,22,23)(H,24,25)/t16?,18-/m1/s1. The molecule has 1 aliphatic carbocycles. The molecule has 0 amide bonds. The van der Waals surface area contributed by atoms with Gasteiger partial charge in [-0.15, -0.1) is 0 Å². The van der Waals surface area contributed by atoms with Gasteiger partial charge in [0.15, 0.2) is 5.92 Å². The molecule has 7 heteroatoms. The summed E-state index contributed by atoms with van der Waals surface area (Å²) < 4.78 is 5.27. The van der Waals surface area contributed by atoms with Gasteiger partial charge in [-0.3, -0.25) is 14.4 Å². The first kappa shape index (κ1) is 18.6. The lowest BCUT2D eigenvalue weighted by Crippen LogP contribution is -2.43. The number of benzene rings is 2. The highest BCUT2D eigenvalue weighted by molar-refractivity contribution is 5.95. The number of hydrogen-bond donors (Lipinski definition) is 3. The van der Waals surface area contributed by atoms with Crippen molar-refractivity contribution in [2.45, 2.75) is 18.4 Å². The molecule has 3 rings (SSSR count). The third kappa shape index (κ3) is 3.68. The summed E-state index contributed by atoms with van der Waals surface area (Å²) in [7, 11) is 0. The molecule has 2 aromatic rings. The van der Waals surface area contributed by atoms with E-state index in [0.29, 0.717) is 0 Å². The molecule has 2 atom stereocenters. The molecule has 0 heterocycles. The Hall–Kier alpha value is -3.19. The zero-order valence-corrected chi connectivity index (χ0v) is 14.4. The number of esters is 1. The fourth-order valence-corrected chi connectivity index (χ4v) is 3.47. The molecule has 2 aromatic carbocycles. The van der Waals surface area contributed by atoms with Crippen LogP contribution in [-0.4, -0.2) is 40.8 Å². The summed E-state index contributed by atoms with van der Waals surface area (Å²) in [6.07, 6.45) is -0.638. The van der Waals surface area contributed by atoms with Crippen molar-refractivity contribution in [3.8, 4) is 11.1 Å². The molecule has 0 aromatic heterocycles. The molecule has 27 heavy (non-hydrogen) atoms. The number of hydrogen-bond acceptors (Lipinski definition) is 5. The molecule has 7 nitrogen and oxygen atoms in total. The van der Waals surface area contributed by atoms with E-state index >= 15 is 0 Å². The number of nitrogens with two attached hydrogens (primary N) is 1. The molecule has 0 saturated carbocycles. The van der Waals surface area contributed by atoms with E-state index in [0.717, 1.165) is 22.3 Å². The summed E-state index contributed by atoms with van der Waals surface area (Å²) in [5, 5.41) is 18.1. The second kappa shape index (κ2) is 7.59. The van der Waals surface area contributed by atoms with Crippen LogP contribution in [0.1, 0.15) is 23.5 Å². The molecule has 1 unspecified atom stereocenters. The highest BCUT2D eigenvalue weighted by atomic mass is 16.5. The number of carbonyl (C=O) groups is 3. The van der Waals surface area contributed by atoms with Gasteiger partial charge in [0.05, 0.1) is 6.42 Å². The van der Waals surface area contributed by atoms with Crippen molar-refractivity contribution in [1.82, 2.24) is 0 Å². The second-order valence-electron chi connectivity index (χ2n) is 6.43. The summed E-state index contributed by atoms with van der Waals surface area (Å²) in [4.78, 5) is 34.5. The Morgan fingerprint density at radius 3 is 1.96 bits per heavy atom. The minimum atomic E-state index is -1.73. The monoisotopic (exact) mass is 369 g/mol. The Kier molecular flexibility index (Phi) is 5.23. The lowest BCUT2D eigenvalue weighted by Gasteiger charge is -2.19. The minimum Gasteiger partial charge on any atom is -0.481 e. The fourth-order valence-electron chi connectivity index (χ4n) is 3.47. The summed E-state index contributed by atoms with van der Waals surface area (Å²) in [5.41, 5.74) is 9.68. The molecule has 0 bridgehead atoms. The van der Waals surface area contributed by atoms with Gasteiger partial charge < -0.3 is 20.7 Å². The van der Waals surface area contributed by atoms with E-state index < -0.39 is 36.3 Å². The van der Waals surface area contributed by atoms with Crippen LogP contribution in [0.25, 0.3) is 11.1 Å². The van der Waals surface area contributed by atoms with Crippen LogP contribution in [0.2, 0.25) is 0 Å². The Morgan fingerprint density at radius 1 is 0.963 bits per heavy atom. The van der Waals surface area contributed by atoms with Crippen molar-refractivity contribution in [2.75, 3.05) is 6.61 Å². The Morgan fingerprint density at radius 2 is 1.48 bits per heavy atom. The highest BCUT2D eigenvalue weighted by Gasteiger charge is 2.37. The van der Waals surface area contributed by atoms with Gasteiger partial charge in [0.1, 0.15) is 6.61 Å². The van der Waals surface area contributed by atoms with E-state index in [-0.39, 0.29) is 12.5 Å². The average Bonchev–Trinajstić information content (AvgIpc) is 2.93. The number of carboxylic acids is 2. The van der Waals surface area contributed by atoms with Crippen LogP contribution < -0.4 is 5.73 Å². The number of carbonyl (C=O) groups excluding carboxylic acids is 1. The van der Waals surface area contributed by atoms with E-state index in [2.05, 4.69) is 0 Å². The number of fused-ring (bicyclic) bond motifs is 3. The smallest absolute Gasteiger partial charge is 0.321 e.